The third-order valence-electron chi connectivity index (χ3n) is 2.15. The average molecular weight is 206 g/mol. The molecule has 0 aliphatic carbocycles. The Labute approximate surface area is 85.2 Å². The number of anilines is 1. The molecule has 0 saturated heterocycles. The number of rotatable bonds is 1. The van der Waals surface area contributed by atoms with Crippen molar-refractivity contribution in [1.29, 1.82) is 0 Å². The fraction of sp³-hybridized carbons (Fsp3) is 0.222. The first-order chi connectivity index (χ1) is 7.13. The number of pyridine rings is 1. The Kier molecular flexibility index (Phi) is 2.03. The van der Waals surface area contributed by atoms with Crippen LogP contribution < -0.4 is 10.9 Å². The summed E-state index contributed by atoms with van der Waals surface area (Å²) >= 11 is 0. The van der Waals surface area contributed by atoms with Crippen LogP contribution in [0, 0.1) is 0 Å². The molecule has 0 aliphatic heterocycles. The van der Waals surface area contributed by atoms with Crippen LogP contribution in [0.3, 0.4) is 0 Å². The molecule has 0 saturated carbocycles. The third-order valence-corrected chi connectivity index (χ3v) is 2.15. The van der Waals surface area contributed by atoms with Gasteiger partial charge in [0, 0.05) is 25.7 Å². The lowest BCUT2D eigenvalue weighted by Crippen LogP contribution is -2.17. The summed E-state index contributed by atoms with van der Waals surface area (Å²) in [6.45, 7) is 0. The van der Waals surface area contributed by atoms with Crippen LogP contribution in [0.2, 0.25) is 0 Å². The summed E-state index contributed by atoms with van der Waals surface area (Å²) in [4.78, 5) is 19.5. The summed E-state index contributed by atoms with van der Waals surface area (Å²) in [5, 5.41) is 12.7. The molecular weight excluding hydrogens is 196 g/mol. The molecule has 0 bridgehead atoms. The molecular formula is C9H10N4O2. The Balaban J connectivity index is 2.88. The summed E-state index contributed by atoms with van der Waals surface area (Å²) < 4.78 is 1.28. The highest BCUT2D eigenvalue weighted by atomic mass is 16.3. The highest BCUT2D eigenvalue weighted by Crippen LogP contribution is 2.13. The maximum absolute atomic E-state index is 11.4. The van der Waals surface area contributed by atoms with Crippen molar-refractivity contribution in [2.45, 2.75) is 0 Å². The van der Waals surface area contributed by atoms with Crippen LogP contribution in [0.1, 0.15) is 0 Å². The first-order valence-corrected chi connectivity index (χ1v) is 4.37. The van der Waals surface area contributed by atoms with Gasteiger partial charge in [-0.2, -0.15) is 4.98 Å². The first-order valence-electron chi connectivity index (χ1n) is 4.37. The molecule has 0 spiro atoms. The molecule has 0 atom stereocenters. The van der Waals surface area contributed by atoms with Crippen molar-refractivity contribution >= 4 is 17.0 Å². The predicted octanol–water partition coefficient (Wildman–Crippen LogP) is 0.0758. The van der Waals surface area contributed by atoms with Crippen LogP contribution >= 0.6 is 0 Å². The number of nitrogens with zero attached hydrogens (tertiary/aromatic N) is 3. The Morgan fingerprint density at radius 2 is 2.27 bits per heavy atom. The van der Waals surface area contributed by atoms with Crippen molar-refractivity contribution in [2.24, 2.45) is 7.05 Å². The van der Waals surface area contributed by atoms with Crippen molar-refractivity contribution < 1.29 is 5.11 Å². The summed E-state index contributed by atoms with van der Waals surface area (Å²) in [6.07, 6.45) is 1.55. The average Bonchev–Trinajstić information content (AvgIpc) is 2.26. The van der Waals surface area contributed by atoms with Crippen LogP contribution in [0.5, 0.6) is 5.75 Å². The number of aromatic nitrogens is 3. The highest BCUT2D eigenvalue weighted by Gasteiger charge is 2.07. The molecule has 6 heteroatoms. The number of nitrogens with one attached hydrogen (secondary N) is 1. The molecule has 0 amide bonds. The maximum Gasteiger partial charge on any atom is 0.294 e. The molecule has 2 N–H and O–H groups in total. The zero-order chi connectivity index (χ0) is 11.0. The van der Waals surface area contributed by atoms with Crippen molar-refractivity contribution in [3.8, 4) is 5.75 Å². The molecule has 0 aromatic carbocycles. The second-order valence-corrected chi connectivity index (χ2v) is 3.12. The molecule has 2 aromatic heterocycles. The van der Waals surface area contributed by atoms with Crippen molar-refractivity contribution in [2.75, 3.05) is 12.4 Å². The summed E-state index contributed by atoms with van der Waals surface area (Å²) in [7, 11) is 3.25. The lowest BCUT2D eigenvalue weighted by molar-refractivity contribution is 0.463. The molecule has 2 aromatic rings. The number of aromatic hydroxyl groups is 1. The minimum Gasteiger partial charge on any atom is -0.503 e. The third kappa shape index (κ3) is 1.39. The van der Waals surface area contributed by atoms with E-state index in [4.69, 9.17) is 0 Å². The zero-order valence-corrected chi connectivity index (χ0v) is 8.35. The van der Waals surface area contributed by atoms with E-state index in [0.29, 0.717) is 17.0 Å². The van der Waals surface area contributed by atoms with Crippen molar-refractivity contribution in [3.63, 3.8) is 0 Å². The minimum absolute atomic E-state index is 0.300. The number of fused-ring (bicyclic) bond motifs is 1. The summed E-state index contributed by atoms with van der Waals surface area (Å²) in [6, 6.07) is 1.36. The number of hydrogen-bond donors (Lipinski definition) is 2. The zero-order valence-electron chi connectivity index (χ0n) is 8.35. The summed E-state index contributed by atoms with van der Waals surface area (Å²) in [5.41, 5.74) is 0.0143. The first kappa shape index (κ1) is 9.45. The minimum atomic E-state index is -0.469. The molecule has 78 valence electrons. The molecule has 0 unspecified atom stereocenters. The van der Waals surface area contributed by atoms with Crippen molar-refractivity contribution in [3.05, 3.63) is 22.6 Å². The second kappa shape index (κ2) is 3.23. The Hall–Kier alpha value is -2.11. The number of aryl methyl sites for hydroxylation is 1. The van der Waals surface area contributed by atoms with Gasteiger partial charge < -0.3 is 10.4 Å². The molecule has 6 nitrogen and oxygen atoms in total. The lowest BCUT2D eigenvalue weighted by Gasteiger charge is -2.05. The quantitative estimate of drug-likeness (QED) is 0.690. The lowest BCUT2D eigenvalue weighted by atomic mass is 10.3. The van der Waals surface area contributed by atoms with Gasteiger partial charge in [0.2, 0.25) is 5.95 Å². The maximum atomic E-state index is 11.4. The van der Waals surface area contributed by atoms with Gasteiger partial charge >= 0.3 is 0 Å². The van der Waals surface area contributed by atoms with Gasteiger partial charge in [-0.25, -0.2) is 4.98 Å². The van der Waals surface area contributed by atoms with Gasteiger partial charge in [-0.15, -0.1) is 0 Å². The van der Waals surface area contributed by atoms with E-state index >= 15 is 0 Å². The summed E-state index contributed by atoms with van der Waals surface area (Å²) in [5.74, 6) is 0.133. The Morgan fingerprint density at radius 1 is 1.53 bits per heavy atom. The van der Waals surface area contributed by atoms with Gasteiger partial charge in [0.1, 0.15) is 5.65 Å². The molecule has 2 rings (SSSR count). The van der Waals surface area contributed by atoms with Gasteiger partial charge in [-0.3, -0.25) is 9.36 Å². The molecule has 0 fully saturated rings. The van der Waals surface area contributed by atoms with Crippen LogP contribution in [0.15, 0.2) is 17.1 Å². The standard InChI is InChI=1S/C9H10N4O2/c1-10-9-11-4-5-3-6(14)8(15)13(2)7(5)12-9/h3-4,14H,1-2H3,(H,10,11,12). The Bertz CT molecular complexity index is 576. The molecule has 15 heavy (non-hydrogen) atoms. The fourth-order valence-electron chi connectivity index (χ4n) is 1.35. The van der Waals surface area contributed by atoms with Crippen LogP contribution in [0.4, 0.5) is 5.95 Å². The topological polar surface area (TPSA) is 80.0 Å². The van der Waals surface area contributed by atoms with Gasteiger partial charge in [0.25, 0.3) is 5.56 Å². The van der Waals surface area contributed by atoms with E-state index in [1.165, 1.54) is 10.6 Å². The van der Waals surface area contributed by atoms with Crippen molar-refractivity contribution in [1.82, 2.24) is 14.5 Å². The van der Waals surface area contributed by atoms with Crippen LogP contribution in [0.25, 0.3) is 11.0 Å². The van der Waals surface area contributed by atoms with Gasteiger partial charge in [-0.05, 0) is 6.07 Å². The highest BCUT2D eigenvalue weighted by molar-refractivity contribution is 5.76. The van der Waals surface area contributed by atoms with E-state index in [9.17, 15) is 9.90 Å². The largest absolute Gasteiger partial charge is 0.503 e. The molecule has 0 aliphatic rings. The monoisotopic (exact) mass is 206 g/mol. The Morgan fingerprint density at radius 3 is 2.93 bits per heavy atom. The smallest absolute Gasteiger partial charge is 0.294 e. The van der Waals surface area contributed by atoms with E-state index < -0.39 is 5.56 Å². The van der Waals surface area contributed by atoms with E-state index in [-0.39, 0.29) is 5.75 Å². The van der Waals surface area contributed by atoms with Crippen LogP contribution in [-0.2, 0) is 7.05 Å². The van der Waals surface area contributed by atoms with Gasteiger partial charge in [0.05, 0.1) is 0 Å². The SMILES string of the molecule is CNc1ncc2cc(O)c(=O)n(C)c2n1. The van der Waals surface area contributed by atoms with Gasteiger partial charge in [-0.1, -0.05) is 0 Å². The molecule has 2 heterocycles. The predicted molar refractivity (Wildman–Crippen MR) is 56.0 cm³/mol. The van der Waals surface area contributed by atoms with Gasteiger partial charge in [0.15, 0.2) is 5.75 Å². The number of hydrogen-bond acceptors (Lipinski definition) is 5. The van der Waals surface area contributed by atoms with Crippen LogP contribution in [-0.4, -0.2) is 26.7 Å². The van der Waals surface area contributed by atoms with E-state index in [1.807, 2.05) is 0 Å². The normalized spacial score (nSPS) is 10.5. The second-order valence-electron chi connectivity index (χ2n) is 3.12. The van der Waals surface area contributed by atoms with E-state index in [0.717, 1.165) is 0 Å². The fourth-order valence-corrected chi connectivity index (χ4v) is 1.35. The van der Waals surface area contributed by atoms with E-state index in [1.54, 1.807) is 20.3 Å². The van der Waals surface area contributed by atoms with E-state index in [2.05, 4.69) is 15.3 Å². The molecule has 0 radical (unpaired) electrons.